The van der Waals surface area contributed by atoms with Crippen LogP contribution < -0.4 is 0 Å². The van der Waals surface area contributed by atoms with Crippen molar-refractivity contribution in [3.63, 3.8) is 0 Å². The van der Waals surface area contributed by atoms with Crippen LogP contribution in [-0.2, 0) is 4.79 Å². The Morgan fingerprint density at radius 1 is 1.42 bits per heavy atom. The van der Waals surface area contributed by atoms with Gasteiger partial charge in [0.25, 0.3) is 0 Å². The van der Waals surface area contributed by atoms with E-state index in [0.29, 0.717) is 23.8 Å². The van der Waals surface area contributed by atoms with E-state index in [1.165, 1.54) is 19.3 Å². The first-order chi connectivity index (χ1) is 5.83. The Morgan fingerprint density at radius 3 is 2.92 bits per heavy atom. The molecule has 3 rings (SSSR count). The van der Waals surface area contributed by atoms with Crippen LogP contribution >= 0.6 is 0 Å². The van der Waals surface area contributed by atoms with E-state index in [-0.39, 0.29) is 12.6 Å². The highest BCUT2D eigenvalue weighted by Crippen LogP contribution is 2.55. The Balaban J connectivity index is 1.88. The van der Waals surface area contributed by atoms with Crippen LogP contribution in [0.1, 0.15) is 19.3 Å². The van der Waals surface area contributed by atoms with Crippen LogP contribution in [0.5, 0.6) is 0 Å². The average molecular weight is 167 g/mol. The molecule has 1 heterocycles. The highest BCUT2D eigenvalue weighted by Gasteiger charge is 2.61. The molecule has 0 aromatic rings. The van der Waals surface area contributed by atoms with Gasteiger partial charge in [-0.15, -0.1) is 0 Å². The van der Waals surface area contributed by atoms with Crippen molar-refractivity contribution < 1.29 is 9.90 Å². The largest absolute Gasteiger partial charge is 0.376 e. The summed E-state index contributed by atoms with van der Waals surface area (Å²) < 4.78 is 0. The predicted octanol–water partition coefficient (Wildman–Crippen LogP) is 0.193. The van der Waals surface area contributed by atoms with Gasteiger partial charge in [0, 0.05) is 6.04 Å². The molecule has 0 aromatic carbocycles. The SMILES string of the molecule is O=C1[C@@H]2[C@H]3CC[C@H](C3)[C@@H]2N1CO. The molecular formula is C9H13NO2. The Labute approximate surface area is 71.4 Å². The van der Waals surface area contributed by atoms with Crippen molar-refractivity contribution in [1.82, 2.24) is 4.90 Å². The Bertz CT molecular complexity index is 241. The lowest BCUT2D eigenvalue weighted by Gasteiger charge is -2.48. The Morgan fingerprint density at radius 2 is 2.17 bits per heavy atom. The van der Waals surface area contributed by atoms with Crippen molar-refractivity contribution >= 4 is 5.91 Å². The molecule has 4 atom stereocenters. The quantitative estimate of drug-likeness (QED) is 0.566. The molecule has 3 aliphatic rings. The second-order valence-electron chi connectivity index (χ2n) is 4.30. The van der Waals surface area contributed by atoms with Gasteiger partial charge in [-0.05, 0) is 31.1 Å². The minimum absolute atomic E-state index is 0.0662. The van der Waals surface area contributed by atoms with Crippen LogP contribution in [0.2, 0.25) is 0 Å². The lowest BCUT2D eigenvalue weighted by atomic mass is 9.76. The van der Waals surface area contributed by atoms with Gasteiger partial charge < -0.3 is 10.0 Å². The molecule has 1 aliphatic heterocycles. The second kappa shape index (κ2) is 2.02. The van der Waals surface area contributed by atoms with E-state index in [1.807, 2.05) is 0 Å². The number of rotatable bonds is 1. The van der Waals surface area contributed by atoms with Crippen LogP contribution in [0.15, 0.2) is 0 Å². The topological polar surface area (TPSA) is 40.5 Å². The Hall–Kier alpha value is -0.570. The highest BCUT2D eigenvalue weighted by atomic mass is 16.3. The molecule has 66 valence electrons. The van der Waals surface area contributed by atoms with Crippen molar-refractivity contribution in [3.8, 4) is 0 Å². The van der Waals surface area contributed by atoms with E-state index in [1.54, 1.807) is 4.90 Å². The van der Waals surface area contributed by atoms with Gasteiger partial charge in [-0.25, -0.2) is 0 Å². The van der Waals surface area contributed by atoms with Crippen molar-refractivity contribution in [3.05, 3.63) is 0 Å². The van der Waals surface area contributed by atoms with Crippen molar-refractivity contribution in [2.45, 2.75) is 25.3 Å². The van der Waals surface area contributed by atoms with Crippen molar-refractivity contribution in [2.24, 2.45) is 17.8 Å². The Kier molecular flexibility index (Phi) is 1.16. The third-order valence-corrected chi connectivity index (χ3v) is 3.95. The molecule has 2 saturated carbocycles. The maximum atomic E-state index is 11.4. The molecule has 3 fully saturated rings. The highest BCUT2D eigenvalue weighted by molar-refractivity contribution is 5.87. The number of β-lactam (4-membered cyclic amide) rings is 1. The summed E-state index contributed by atoms with van der Waals surface area (Å²) in [6, 6.07) is 0.418. The van der Waals surface area contributed by atoms with Crippen LogP contribution in [0.4, 0.5) is 0 Å². The number of aliphatic hydroxyl groups is 1. The van der Waals surface area contributed by atoms with E-state index in [9.17, 15) is 4.79 Å². The van der Waals surface area contributed by atoms with Gasteiger partial charge >= 0.3 is 0 Å². The molecule has 0 spiro atoms. The fourth-order valence-electron chi connectivity index (χ4n) is 3.48. The molecule has 12 heavy (non-hydrogen) atoms. The molecule has 0 unspecified atom stereocenters. The number of amides is 1. The molecular weight excluding hydrogens is 154 g/mol. The number of fused-ring (bicyclic) bond motifs is 5. The standard InChI is InChI=1S/C9H13NO2/c11-4-10-8-6-2-1-5(3-6)7(8)9(10)12/h5-8,11H,1-4H2/t5-,6+,7+,8-/m0/s1. The van der Waals surface area contributed by atoms with Crippen LogP contribution in [0.25, 0.3) is 0 Å². The summed E-state index contributed by atoms with van der Waals surface area (Å²) in [7, 11) is 0. The average Bonchev–Trinajstić information content (AvgIpc) is 2.60. The van der Waals surface area contributed by atoms with Crippen LogP contribution in [0.3, 0.4) is 0 Å². The minimum Gasteiger partial charge on any atom is -0.376 e. The van der Waals surface area contributed by atoms with Gasteiger partial charge in [-0.2, -0.15) is 0 Å². The smallest absolute Gasteiger partial charge is 0.230 e. The molecule has 3 heteroatoms. The molecule has 2 bridgehead atoms. The second-order valence-corrected chi connectivity index (χ2v) is 4.30. The fourth-order valence-corrected chi connectivity index (χ4v) is 3.48. The number of carbonyl (C=O) groups is 1. The third kappa shape index (κ3) is 0.565. The maximum Gasteiger partial charge on any atom is 0.230 e. The number of hydrogen-bond acceptors (Lipinski definition) is 2. The lowest BCUT2D eigenvalue weighted by molar-refractivity contribution is -0.168. The maximum absolute atomic E-state index is 11.4. The number of likely N-dealkylation sites (tertiary alicyclic amines) is 1. The van der Waals surface area contributed by atoms with Gasteiger partial charge in [-0.3, -0.25) is 4.79 Å². The third-order valence-electron chi connectivity index (χ3n) is 3.95. The summed E-state index contributed by atoms with van der Waals surface area (Å²) in [4.78, 5) is 13.1. The molecule has 2 aliphatic carbocycles. The van der Waals surface area contributed by atoms with E-state index in [2.05, 4.69) is 0 Å². The summed E-state index contributed by atoms with van der Waals surface area (Å²) in [5.74, 6) is 1.88. The van der Waals surface area contributed by atoms with Gasteiger partial charge in [0.1, 0.15) is 6.73 Å². The van der Waals surface area contributed by atoms with E-state index >= 15 is 0 Å². The molecule has 0 radical (unpaired) electrons. The number of carbonyl (C=O) groups excluding carboxylic acids is 1. The number of aliphatic hydroxyl groups excluding tert-OH is 1. The first kappa shape index (κ1) is 6.89. The molecule has 1 N–H and O–H groups in total. The van der Waals surface area contributed by atoms with Gasteiger partial charge in [0.15, 0.2) is 0 Å². The molecule has 0 aromatic heterocycles. The minimum atomic E-state index is -0.0662. The predicted molar refractivity (Wildman–Crippen MR) is 42.0 cm³/mol. The molecule has 3 nitrogen and oxygen atoms in total. The van der Waals surface area contributed by atoms with Crippen molar-refractivity contribution in [2.75, 3.05) is 6.73 Å². The summed E-state index contributed by atoms with van der Waals surface area (Å²) in [6.07, 6.45) is 3.75. The monoisotopic (exact) mass is 167 g/mol. The van der Waals surface area contributed by atoms with Gasteiger partial charge in [0.05, 0.1) is 5.92 Å². The van der Waals surface area contributed by atoms with Crippen LogP contribution in [-0.4, -0.2) is 28.7 Å². The number of nitrogens with zero attached hydrogens (tertiary/aromatic N) is 1. The molecule has 1 amide bonds. The van der Waals surface area contributed by atoms with E-state index in [0.717, 1.165) is 0 Å². The van der Waals surface area contributed by atoms with Crippen LogP contribution in [0, 0.1) is 17.8 Å². The fraction of sp³-hybridized carbons (Fsp3) is 0.889. The zero-order chi connectivity index (χ0) is 8.29. The lowest BCUT2D eigenvalue weighted by Crippen LogP contribution is -2.63. The van der Waals surface area contributed by atoms with Gasteiger partial charge in [-0.1, -0.05) is 0 Å². The van der Waals surface area contributed by atoms with E-state index < -0.39 is 0 Å². The summed E-state index contributed by atoms with van der Waals surface area (Å²) in [5.41, 5.74) is 0. The summed E-state index contributed by atoms with van der Waals surface area (Å²) in [5, 5.41) is 8.94. The normalized spacial score (nSPS) is 49.4. The van der Waals surface area contributed by atoms with E-state index in [4.69, 9.17) is 5.11 Å². The van der Waals surface area contributed by atoms with Crippen molar-refractivity contribution in [1.29, 1.82) is 0 Å². The first-order valence-electron chi connectivity index (χ1n) is 4.74. The summed E-state index contributed by atoms with van der Waals surface area (Å²) >= 11 is 0. The first-order valence-corrected chi connectivity index (χ1v) is 4.74. The summed E-state index contributed by atoms with van der Waals surface area (Å²) in [6.45, 7) is -0.0662. The molecule has 1 saturated heterocycles. The zero-order valence-corrected chi connectivity index (χ0v) is 6.94. The van der Waals surface area contributed by atoms with Gasteiger partial charge in [0.2, 0.25) is 5.91 Å². The number of hydrogen-bond donors (Lipinski definition) is 1. The zero-order valence-electron chi connectivity index (χ0n) is 6.94.